The van der Waals surface area contributed by atoms with Crippen molar-refractivity contribution in [2.45, 2.75) is 32.8 Å². The Balaban J connectivity index is 2.84. The molecule has 0 aromatic carbocycles. The van der Waals surface area contributed by atoms with E-state index in [-0.39, 0.29) is 5.60 Å². The number of nitrogens with zero attached hydrogens (tertiary/aromatic N) is 1. The van der Waals surface area contributed by atoms with E-state index >= 15 is 0 Å². The SMILES string of the molecule is CC(C)(C)Oc1ncccc1CCN. The van der Waals surface area contributed by atoms with Gasteiger partial charge in [0.25, 0.3) is 0 Å². The molecule has 0 saturated heterocycles. The van der Waals surface area contributed by atoms with Crippen LogP contribution in [-0.4, -0.2) is 17.1 Å². The molecule has 0 aliphatic carbocycles. The fraction of sp³-hybridized carbons (Fsp3) is 0.545. The fourth-order valence-electron chi connectivity index (χ4n) is 1.15. The number of ether oxygens (including phenoxy) is 1. The highest BCUT2D eigenvalue weighted by atomic mass is 16.5. The second-order valence-electron chi connectivity index (χ2n) is 4.22. The van der Waals surface area contributed by atoms with E-state index in [2.05, 4.69) is 4.98 Å². The predicted molar refractivity (Wildman–Crippen MR) is 57.4 cm³/mol. The average Bonchev–Trinajstić information content (AvgIpc) is 2.06. The van der Waals surface area contributed by atoms with E-state index in [1.165, 1.54) is 0 Å². The minimum Gasteiger partial charge on any atom is -0.472 e. The molecule has 0 saturated carbocycles. The van der Waals surface area contributed by atoms with Crippen molar-refractivity contribution in [1.82, 2.24) is 4.98 Å². The molecule has 0 amide bonds. The summed E-state index contributed by atoms with van der Waals surface area (Å²) in [4.78, 5) is 4.20. The number of nitrogens with two attached hydrogens (primary N) is 1. The van der Waals surface area contributed by atoms with Crippen molar-refractivity contribution < 1.29 is 4.74 Å². The number of rotatable bonds is 3. The Labute approximate surface area is 85.3 Å². The second-order valence-corrected chi connectivity index (χ2v) is 4.22. The Bertz CT molecular complexity index is 292. The van der Waals surface area contributed by atoms with Crippen molar-refractivity contribution in [3.63, 3.8) is 0 Å². The third kappa shape index (κ3) is 3.34. The van der Waals surface area contributed by atoms with E-state index in [1.807, 2.05) is 32.9 Å². The molecule has 0 atom stereocenters. The van der Waals surface area contributed by atoms with Gasteiger partial charge in [-0.15, -0.1) is 0 Å². The first-order chi connectivity index (χ1) is 6.53. The topological polar surface area (TPSA) is 48.1 Å². The van der Waals surface area contributed by atoms with Crippen LogP contribution in [0.2, 0.25) is 0 Å². The Morgan fingerprint density at radius 2 is 2.14 bits per heavy atom. The lowest BCUT2D eigenvalue weighted by Crippen LogP contribution is -2.24. The van der Waals surface area contributed by atoms with Crippen LogP contribution in [0, 0.1) is 0 Å². The molecule has 0 fully saturated rings. The van der Waals surface area contributed by atoms with Gasteiger partial charge in [0.2, 0.25) is 5.88 Å². The molecule has 3 nitrogen and oxygen atoms in total. The van der Waals surface area contributed by atoms with Crippen molar-refractivity contribution in [3.8, 4) is 5.88 Å². The van der Waals surface area contributed by atoms with E-state index < -0.39 is 0 Å². The fourth-order valence-corrected chi connectivity index (χ4v) is 1.15. The zero-order valence-corrected chi connectivity index (χ0v) is 9.08. The van der Waals surface area contributed by atoms with Gasteiger partial charge in [-0.2, -0.15) is 0 Å². The van der Waals surface area contributed by atoms with Gasteiger partial charge in [0.1, 0.15) is 5.60 Å². The lowest BCUT2D eigenvalue weighted by atomic mass is 10.1. The maximum absolute atomic E-state index is 5.72. The molecule has 14 heavy (non-hydrogen) atoms. The van der Waals surface area contributed by atoms with E-state index in [9.17, 15) is 0 Å². The van der Waals surface area contributed by atoms with Gasteiger partial charge in [0, 0.05) is 11.8 Å². The van der Waals surface area contributed by atoms with Crippen LogP contribution in [0.25, 0.3) is 0 Å². The largest absolute Gasteiger partial charge is 0.472 e. The molecule has 0 spiro atoms. The Kier molecular flexibility index (Phi) is 3.47. The summed E-state index contributed by atoms with van der Waals surface area (Å²) in [6.07, 6.45) is 2.54. The van der Waals surface area contributed by atoms with Gasteiger partial charge in [0.15, 0.2) is 0 Å². The first-order valence-electron chi connectivity index (χ1n) is 4.86. The first-order valence-corrected chi connectivity index (χ1v) is 4.86. The monoisotopic (exact) mass is 194 g/mol. The summed E-state index contributed by atoms with van der Waals surface area (Å²) in [6.45, 7) is 6.64. The standard InChI is InChI=1S/C11H18N2O/c1-11(2,3)14-10-9(6-7-12)5-4-8-13-10/h4-5,8H,6-7,12H2,1-3H3. The van der Waals surface area contributed by atoms with Crippen LogP contribution in [-0.2, 0) is 6.42 Å². The minimum absolute atomic E-state index is 0.211. The average molecular weight is 194 g/mol. The van der Waals surface area contributed by atoms with Crippen LogP contribution in [0.1, 0.15) is 26.3 Å². The van der Waals surface area contributed by atoms with E-state index in [1.54, 1.807) is 6.20 Å². The summed E-state index contributed by atoms with van der Waals surface area (Å²) in [6, 6.07) is 3.90. The molecule has 0 aliphatic heterocycles. The van der Waals surface area contributed by atoms with Gasteiger partial charge >= 0.3 is 0 Å². The van der Waals surface area contributed by atoms with Crippen molar-refractivity contribution in [1.29, 1.82) is 0 Å². The summed E-state index contributed by atoms with van der Waals surface area (Å²) < 4.78 is 5.72. The molecule has 78 valence electrons. The van der Waals surface area contributed by atoms with Crippen LogP contribution in [0.4, 0.5) is 0 Å². The van der Waals surface area contributed by atoms with Gasteiger partial charge < -0.3 is 10.5 Å². The van der Waals surface area contributed by atoms with Crippen LogP contribution >= 0.6 is 0 Å². The van der Waals surface area contributed by atoms with Crippen molar-refractivity contribution in [3.05, 3.63) is 23.9 Å². The molecule has 0 unspecified atom stereocenters. The number of aromatic nitrogens is 1. The van der Waals surface area contributed by atoms with E-state index in [0.717, 1.165) is 12.0 Å². The summed E-state index contributed by atoms with van der Waals surface area (Å²) >= 11 is 0. The molecule has 1 rings (SSSR count). The zero-order valence-electron chi connectivity index (χ0n) is 9.08. The molecule has 0 bridgehead atoms. The van der Waals surface area contributed by atoms with Gasteiger partial charge in [-0.3, -0.25) is 0 Å². The molecule has 1 aromatic rings. The number of hydrogen-bond donors (Lipinski definition) is 1. The molecule has 0 aliphatic rings. The summed E-state index contributed by atoms with van der Waals surface area (Å²) in [5.41, 5.74) is 6.37. The maximum atomic E-state index is 5.72. The van der Waals surface area contributed by atoms with Gasteiger partial charge in [-0.05, 0) is 39.8 Å². The van der Waals surface area contributed by atoms with E-state index in [4.69, 9.17) is 10.5 Å². The molecule has 3 heteroatoms. The van der Waals surface area contributed by atoms with Gasteiger partial charge in [0.05, 0.1) is 0 Å². The van der Waals surface area contributed by atoms with Crippen LogP contribution in [0.3, 0.4) is 0 Å². The number of pyridine rings is 1. The van der Waals surface area contributed by atoms with Crippen molar-refractivity contribution >= 4 is 0 Å². The second kappa shape index (κ2) is 4.42. The minimum atomic E-state index is -0.211. The smallest absolute Gasteiger partial charge is 0.217 e. The lowest BCUT2D eigenvalue weighted by Gasteiger charge is -2.21. The summed E-state index contributed by atoms with van der Waals surface area (Å²) in [5.74, 6) is 0.699. The van der Waals surface area contributed by atoms with Gasteiger partial charge in [-0.25, -0.2) is 4.98 Å². The van der Waals surface area contributed by atoms with Crippen LogP contribution < -0.4 is 10.5 Å². The lowest BCUT2D eigenvalue weighted by molar-refractivity contribution is 0.122. The Hall–Kier alpha value is -1.09. The van der Waals surface area contributed by atoms with Crippen LogP contribution in [0.15, 0.2) is 18.3 Å². The highest BCUT2D eigenvalue weighted by Crippen LogP contribution is 2.19. The normalized spacial score (nSPS) is 11.4. The number of hydrogen-bond acceptors (Lipinski definition) is 3. The summed E-state index contributed by atoms with van der Waals surface area (Å²) in [7, 11) is 0. The third-order valence-corrected chi connectivity index (χ3v) is 1.67. The Morgan fingerprint density at radius 3 is 2.71 bits per heavy atom. The first kappa shape index (κ1) is 11.0. The molecular formula is C11H18N2O. The summed E-state index contributed by atoms with van der Waals surface area (Å²) in [5, 5.41) is 0. The van der Waals surface area contributed by atoms with E-state index in [0.29, 0.717) is 12.4 Å². The maximum Gasteiger partial charge on any atom is 0.217 e. The third-order valence-electron chi connectivity index (χ3n) is 1.67. The van der Waals surface area contributed by atoms with Crippen LogP contribution in [0.5, 0.6) is 5.88 Å². The molecule has 1 heterocycles. The molecule has 0 radical (unpaired) electrons. The molecular weight excluding hydrogens is 176 g/mol. The quantitative estimate of drug-likeness (QED) is 0.797. The predicted octanol–water partition coefficient (Wildman–Crippen LogP) is 1.76. The molecule has 2 N–H and O–H groups in total. The Morgan fingerprint density at radius 1 is 1.43 bits per heavy atom. The van der Waals surface area contributed by atoms with Crippen molar-refractivity contribution in [2.24, 2.45) is 5.73 Å². The highest BCUT2D eigenvalue weighted by molar-refractivity contribution is 5.26. The van der Waals surface area contributed by atoms with Crippen molar-refractivity contribution in [2.75, 3.05) is 6.54 Å². The van der Waals surface area contributed by atoms with Gasteiger partial charge in [-0.1, -0.05) is 6.07 Å². The highest BCUT2D eigenvalue weighted by Gasteiger charge is 2.14. The molecule has 1 aromatic heterocycles. The zero-order chi connectivity index (χ0) is 10.6.